The molecule has 0 unspecified atom stereocenters. The highest BCUT2D eigenvalue weighted by molar-refractivity contribution is 6.26. The number of aromatic amines is 1. The lowest BCUT2D eigenvalue weighted by Gasteiger charge is -2.21. The molecular formula is C15H22N4O5. The van der Waals surface area contributed by atoms with Crippen LogP contribution in [0, 0.1) is 5.41 Å². The van der Waals surface area contributed by atoms with Crippen LogP contribution in [0.1, 0.15) is 38.5 Å². The van der Waals surface area contributed by atoms with Gasteiger partial charge in [0.2, 0.25) is 0 Å². The molecule has 0 saturated heterocycles. The van der Waals surface area contributed by atoms with Crippen molar-refractivity contribution in [1.82, 2.24) is 15.3 Å². The number of Topliss-reactive ketones (excluding diaryl/α,β-unsaturated/α-hetero) is 1. The minimum absolute atomic E-state index is 0.0303. The summed E-state index contributed by atoms with van der Waals surface area (Å²) in [6.45, 7) is 3.36. The lowest BCUT2D eigenvalue weighted by molar-refractivity contribution is -0.152. The van der Waals surface area contributed by atoms with Crippen molar-refractivity contribution in [3.63, 3.8) is 0 Å². The van der Waals surface area contributed by atoms with Crippen LogP contribution in [0.15, 0.2) is 12.5 Å². The number of aromatic nitrogens is 2. The third-order valence-corrected chi connectivity index (χ3v) is 3.06. The molecule has 0 aromatic carbocycles. The molecule has 9 heteroatoms. The maximum atomic E-state index is 12.4. The third kappa shape index (κ3) is 5.92. The number of nitrogens with zero attached hydrogens (tertiary/aromatic N) is 1. The number of carbonyl (C=O) groups excluding carboxylic acids is 3. The largest absolute Gasteiger partial charge is 0.461 e. The summed E-state index contributed by atoms with van der Waals surface area (Å²) >= 11 is 0. The number of rotatable bonds is 10. The fourth-order valence-corrected chi connectivity index (χ4v) is 1.95. The van der Waals surface area contributed by atoms with Gasteiger partial charge in [0.15, 0.2) is 11.9 Å². The van der Waals surface area contributed by atoms with Crippen molar-refractivity contribution < 1.29 is 23.9 Å². The summed E-state index contributed by atoms with van der Waals surface area (Å²) in [5, 5.41) is 9.42. The van der Waals surface area contributed by atoms with E-state index in [1.54, 1.807) is 13.8 Å². The molecule has 9 nitrogen and oxygen atoms in total. The molecule has 1 amide bonds. The summed E-state index contributed by atoms with van der Waals surface area (Å²) in [4.78, 5) is 42.4. The molecule has 0 spiro atoms. The van der Waals surface area contributed by atoms with E-state index in [1.807, 2.05) is 0 Å². The van der Waals surface area contributed by atoms with Gasteiger partial charge in [-0.2, -0.15) is 0 Å². The first-order valence-electron chi connectivity index (χ1n) is 7.44. The summed E-state index contributed by atoms with van der Waals surface area (Å²) in [5.74, 6) is -1.66. The van der Waals surface area contributed by atoms with Gasteiger partial charge in [-0.3, -0.25) is 9.59 Å². The lowest BCUT2D eigenvalue weighted by atomic mass is 10.1. The summed E-state index contributed by atoms with van der Waals surface area (Å²) in [7, 11) is 1.35. The van der Waals surface area contributed by atoms with Gasteiger partial charge in [0.25, 0.3) is 5.91 Å². The zero-order chi connectivity index (χ0) is 18.1. The minimum atomic E-state index is -1.01. The lowest BCUT2D eigenvalue weighted by Crippen LogP contribution is -2.45. The standard InChI is InChI=1S/C15H22N4O5/c1-9(2)24-15(22)11(5-4-10(20)6-16)19-14(21)13(23-3)12-7-17-8-18-12/h6-9,11,13,16H,4-5H2,1-3H3,(H,17,18)(H,19,21)/t11-,13-/m0/s1. The molecule has 3 N–H and O–H groups in total. The first-order chi connectivity index (χ1) is 11.4. The molecule has 132 valence electrons. The zero-order valence-electron chi connectivity index (χ0n) is 13.9. The van der Waals surface area contributed by atoms with Crippen LogP contribution >= 0.6 is 0 Å². The number of ketones is 1. The van der Waals surface area contributed by atoms with Gasteiger partial charge in [-0.05, 0) is 20.3 Å². The molecule has 0 saturated carbocycles. The number of amides is 1. The molecule has 0 aliphatic rings. The Labute approximate surface area is 139 Å². The number of H-pyrrole nitrogens is 1. The van der Waals surface area contributed by atoms with Crippen LogP contribution in [-0.4, -0.2) is 53.1 Å². The van der Waals surface area contributed by atoms with E-state index in [0.717, 1.165) is 0 Å². The number of carbonyl (C=O) groups is 3. The number of methoxy groups -OCH3 is 1. The number of esters is 1. The third-order valence-electron chi connectivity index (χ3n) is 3.06. The van der Waals surface area contributed by atoms with Crippen molar-refractivity contribution in [2.75, 3.05) is 7.11 Å². The Hall–Kier alpha value is -2.55. The first kappa shape index (κ1) is 19.5. The van der Waals surface area contributed by atoms with Gasteiger partial charge in [-0.25, -0.2) is 9.78 Å². The van der Waals surface area contributed by atoms with Crippen molar-refractivity contribution in [2.45, 2.75) is 44.9 Å². The second-order valence-electron chi connectivity index (χ2n) is 5.31. The van der Waals surface area contributed by atoms with Gasteiger partial charge in [-0.1, -0.05) is 0 Å². The number of nitrogens with one attached hydrogen (secondary N) is 3. The van der Waals surface area contributed by atoms with Crippen LogP contribution in [0.3, 0.4) is 0 Å². The maximum absolute atomic E-state index is 12.4. The van der Waals surface area contributed by atoms with Crippen molar-refractivity contribution in [3.8, 4) is 0 Å². The average Bonchev–Trinajstić information content (AvgIpc) is 3.05. The van der Waals surface area contributed by atoms with Crippen molar-refractivity contribution in [3.05, 3.63) is 18.2 Å². The highest BCUT2D eigenvalue weighted by Crippen LogP contribution is 2.14. The summed E-state index contributed by atoms with van der Waals surface area (Å²) in [6.07, 6.45) is 2.21. The van der Waals surface area contributed by atoms with Gasteiger partial charge >= 0.3 is 5.97 Å². The number of imidazole rings is 1. The van der Waals surface area contributed by atoms with Crippen LogP contribution < -0.4 is 5.32 Å². The molecule has 0 aliphatic carbocycles. The van der Waals surface area contributed by atoms with Gasteiger partial charge in [0.05, 0.1) is 24.3 Å². The smallest absolute Gasteiger partial charge is 0.328 e. The minimum Gasteiger partial charge on any atom is -0.461 e. The highest BCUT2D eigenvalue weighted by Gasteiger charge is 2.29. The van der Waals surface area contributed by atoms with E-state index in [0.29, 0.717) is 11.9 Å². The molecular weight excluding hydrogens is 316 g/mol. The van der Waals surface area contributed by atoms with Crippen LogP contribution in [0.2, 0.25) is 0 Å². The second kappa shape index (κ2) is 9.56. The van der Waals surface area contributed by atoms with Crippen molar-refractivity contribution in [2.24, 2.45) is 0 Å². The van der Waals surface area contributed by atoms with E-state index >= 15 is 0 Å². The Bertz CT molecular complexity index is 570. The van der Waals surface area contributed by atoms with E-state index in [1.165, 1.54) is 19.6 Å². The molecule has 0 radical (unpaired) electrons. The quantitative estimate of drug-likeness (QED) is 0.421. The monoisotopic (exact) mass is 338 g/mol. The van der Waals surface area contributed by atoms with Crippen LogP contribution in [0.25, 0.3) is 0 Å². The molecule has 1 aromatic rings. The topological polar surface area (TPSA) is 134 Å². The SMILES string of the molecule is CO[C@H](C(=O)N[C@@H](CCC(=O)C=N)C(=O)OC(C)C)c1c[nH]cn1. The predicted molar refractivity (Wildman–Crippen MR) is 84.5 cm³/mol. The normalized spacial score (nSPS) is 13.2. The van der Waals surface area contributed by atoms with Gasteiger partial charge in [-0.15, -0.1) is 0 Å². The molecule has 0 aliphatic heterocycles. The van der Waals surface area contributed by atoms with E-state index in [2.05, 4.69) is 15.3 Å². The Morgan fingerprint density at radius 1 is 1.42 bits per heavy atom. The van der Waals surface area contributed by atoms with Crippen molar-refractivity contribution >= 4 is 23.9 Å². The van der Waals surface area contributed by atoms with E-state index in [4.69, 9.17) is 14.9 Å². The first-order valence-corrected chi connectivity index (χ1v) is 7.44. The molecule has 1 aromatic heterocycles. The zero-order valence-corrected chi connectivity index (χ0v) is 13.9. The van der Waals surface area contributed by atoms with Crippen LogP contribution in [0.5, 0.6) is 0 Å². The van der Waals surface area contributed by atoms with E-state index < -0.39 is 29.8 Å². The maximum Gasteiger partial charge on any atom is 0.328 e. The van der Waals surface area contributed by atoms with Crippen molar-refractivity contribution in [1.29, 1.82) is 5.41 Å². The Balaban J connectivity index is 2.81. The summed E-state index contributed by atoms with van der Waals surface area (Å²) in [5.41, 5.74) is 0.363. The molecule has 1 rings (SSSR count). The Kier molecular flexibility index (Phi) is 7.76. The fraction of sp³-hybridized carbons (Fsp3) is 0.533. The molecule has 0 fully saturated rings. The number of hydrogen-bond acceptors (Lipinski definition) is 7. The Morgan fingerprint density at radius 3 is 2.62 bits per heavy atom. The molecule has 1 heterocycles. The van der Waals surface area contributed by atoms with Gasteiger partial charge < -0.3 is 25.2 Å². The van der Waals surface area contributed by atoms with Gasteiger partial charge in [0.1, 0.15) is 6.04 Å². The predicted octanol–water partition coefficient (Wildman–Crippen LogP) is 0.532. The van der Waals surface area contributed by atoms with E-state index in [-0.39, 0.29) is 18.9 Å². The van der Waals surface area contributed by atoms with Crippen LogP contribution in [-0.2, 0) is 23.9 Å². The fourth-order valence-electron chi connectivity index (χ4n) is 1.95. The molecule has 24 heavy (non-hydrogen) atoms. The highest BCUT2D eigenvalue weighted by atomic mass is 16.5. The van der Waals surface area contributed by atoms with Gasteiger partial charge in [0, 0.05) is 19.7 Å². The number of hydrogen-bond donors (Lipinski definition) is 3. The summed E-state index contributed by atoms with van der Waals surface area (Å²) < 4.78 is 10.2. The summed E-state index contributed by atoms with van der Waals surface area (Å²) in [6, 6.07) is -1.01. The Morgan fingerprint density at radius 2 is 2.12 bits per heavy atom. The number of ether oxygens (including phenoxy) is 2. The average molecular weight is 338 g/mol. The van der Waals surface area contributed by atoms with Crippen LogP contribution in [0.4, 0.5) is 0 Å². The molecule has 0 bridgehead atoms. The van der Waals surface area contributed by atoms with E-state index in [9.17, 15) is 14.4 Å². The molecule has 2 atom stereocenters. The second-order valence-corrected chi connectivity index (χ2v) is 5.31.